The number of carbonyl (C=O) groups is 1. The Morgan fingerprint density at radius 2 is 1.76 bits per heavy atom. The van der Waals surface area contributed by atoms with E-state index in [0.29, 0.717) is 5.02 Å². The van der Waals surface area contributed by atoms with Gasteiger partial charge in [-0.25, -0.2) is 0 Å². The summed E-state index contributed by atoms with van der Waals surface area (Å²) in [5.41, 5.74) is 1.21. The topological polar surface area (TPSA) is 40.5 Å². The molecule has 21 heavy (non-hydrogen) atoms. The van der Waals surface area contributed by atoms with Gasteiger partial charge in [0.05, 0.1) is 16.1 Å². The SMILES string of the molecule is O=C(O)C1(c2ccc(N3CCCCC3)c(Cl)c2)CCCC1. The number of benzene rings is 1. The summed E-state index contributed by atoms with van der Waals surface area (Å²) in [6.45, 7) is 2.09. The summed E-state index contributed by atoms with van der Waals surface area (Å²) < 4.78 is 0. The zero-order valence-corrected chi connectivity index (χ0v) is 13.0. The minimum Gasteiger partial charge on any atom is -0.481 e. The normalized spacial score (nSPS) is 21.5. The highest BCUT2D eigenvalue weighted by molar-refractivity contribution is 6.33. The first-order valence-electron chi connectivity index (χ1n) is 7.92. The van der Waals surface area contributed by atoms with Gasteiger partial charge < -0.3 is 10.0 Å². The summed E-state index contributed by atoms with van der Waals surface area (Å²) in [4.78, 5) is 14.1. The Kier molecular flexibility index (Phi) is 4.12. The standard InChI is InChI=1S/C17H22ClNO2/c18-14-12-13(17(16(20)21)8-2-3-9-17)6-7-15(14)19-10-4-1-5-11-19/h6-7,12H,1-5,8-11H2,(H,20,21). The second kappa shape index (κ2) is 5.88. The van der Waals surface area contributed by atoms with Crippen molar-refractivity contribution in [1.29, 1.82) is 0 Å². The fourth-order valence-electron chi connectivity index (χ4n) is 3.80. The van der Waals surface area contributed by atoms with Crippen LogP contribution < -0.4 is 4.90 Å². The maximum Gasteiger partial charge on any atom is 0.314 e. The van der Waals surface area contributed by atoms with Crippen molar-refractivity contribution >= 4 is 23.3 Å². The van der Waals surface area contributed by atoms with E-state index in [1.165, 1.54) is 19.3 Å². The van der Waals surface area contributed by atoms with Crippen molar-refractivity contribution in [3.05, 3.63) is 28.8 Å². The monoisotopic (exact) mass is 307 g/mol. The van der Waals surface area contributed by atoms with E-state index in [4.69, 9.17) is 11.6 Å². The van der Waals surface area contributed by atoms with Crippen LogP contribution in [0.1, 0.15) is 50.5 Å². The summed E-state index contributed by atoms with van der Waals surface area (Å²) in [5, 5.41) is 10.4. The maximum absolute atomic E-state index is 11.8. The number of aliphatic carboxylic acids is 1. The average molecular weight is 308 g/mol. The van der Waals surface area contributed by atoms with E-state index in [0.717, 1.165) is 50.0 Å². The first kappa shape index (κ1) is 14.7. The van der Waals surface area contributed by atoms with Gasteiger partial charge in [-0.3, -0.25) is 4.79 Å². The van der Waals surface area contributed by atoms with E-state index in [9.17, 15) is 9.90 Å². The molecule has 1 aromatic rings. The molecule has 0 unspecified atom stereocenters. The van der Waals surface area contributed by atoms with Crippen LogP contribution in [0, 0.1) is 0 Å². The number of rotatable bonds is 3. The zero-order chi connectivity index (χ0) is 14.9. The lowest BCUT2D eigenvalue weighted by molar-refractivity contribution is -0.143. The van der Waals surface area contributed by atoms with Crippen molar-refractivity contribution in [1.82, 2.24) is 0 Å². The second-order valence-electron chi connectivity index (χ2n) is 6.31. The molecule has 1 aromatic carbocycles. The van der Waals surface area contributed by atoms with Crippen molar-refractivity contribution in [3.63, 3.8) is 0 Å². The molecule has 1 saturated heterocycles. The fraction of sp³-hybridized carbons (Fsp3) is 0.588. The highest BCUT2D eigenvalue weighted by atomic mass is 35.5. The van der Waals surface area contributed by atoms with Gasteiger partial charge in [-0.2, -0.15) is 0 Å². The molecule has 1 N–H and O–H groups in total. The summed E-state index contributed by atoms with van der Waals surface area (Å²) in [6.07, 6.45) is 7.11. The first-order chi connectivity index (χ1) is 10.1. The molecule has 2 aliphatic rings. The molecular formula is C17H22ClNO2. The lowest BCUT2D eigenvalue weighted by Gasteiger charge is -2.31. The zero-order valence-electron chi connectivity index (χ0n) is 12.3. The van der Waals surface area contributed by atoms with Crippen LogP contribution in [0.25, 0.3) is 0 Å². The molecule has 0 spiro atoms. The Bertz CT molecular complexity index is 532. The number of nitrogens with zero attached hydrogens (tertiary/aromatic N) is 1. The Morgan fingerprint density at radius 1 is 1.10 bits per heavy atom. The van der Waals surface area contributed by atoms with Gasteiger partial charge in [-0.05, 0) is 49.8 Å². The van der Waals surface area contributed by atoms with E-state index in [1.54, 1.807) is 0 Å². The van der Waals surface area contributed by atoms with Crippen molar-refractivity contribution in [3.8, 4) is 0 Å². The van der Waals surface area contributed by atoms with Crippen LogP contribution >= 0.6 is 11.6 Å². The van der Waals surface area contributed by atoms with Crippen molar-refractivity contribution in [2.75, 3.05) is 18.0 Å². The van der Waals surface area contributed by atoms with Gasteiger partial charge in [-0.15, -0.1) is 0 Å². The molecule has 114 valence electrons. The molecule has 1 saturated carbocycles. The quantitative estimate of drug-likeness (QED) is 0.908. The minimum atomic E-state index is -0.718. The highest BCUT2D eigenvalue weighted by Gasteiger charge is 2.43. The molecule has 0 radical (unpaired) electrons. The third-order valence-corrected chi connectivity index (χ3v) is 5.37. The van der Waals surface area contributed by atoms with Crippen LogP contribution in [-0.4, -0.2) is 24.2 Å². The van der Waals surface area contributed by atoms with Gasteiger partial charge in [0.2, 0.25) is 0 Å². The number of anilines is 1. The van der Waals surface area contributed by atoms with Crippen molar-refractivity contribution < 1.29 is 9.90 Å². The van der Waals surface area contributed by atoms with Gasteiger partial charge in [0.25, 0.3) is 0 Å². The molecule has 0 amide bonds. The lowest BCUT2D eigenvalue weighted by atomic mass is 9.79. The van der Waals surface area contributed by atoms with E-state index >= 15 is 0 Å². The molecule has 1 heterocycles. The van der Waals surface area contributed by atoms with Crippen LogP contribution in [0.2, 0.25) is 5.02 Å². The summed E-state index contributed by atoms with van der Waals surface area (Å²) in [7, 11) is 0. The third kappa shape index (κ3) is 2.64. The van der Waals surface area contributed by atoms with E-state index < -0.39 is 11.4 Å². The van der Waals surface area contributed by atoms with E-state index in [-0.39, 0.29) is 0 Å². The molecule has 0 atom stereocenters. The number of halogens is 1. The van der Waals surface area contributed by atoms with Crippen LogP contribution in [0.3, 0.4) is 0 Å². The maximum atomic E-state index is 11.8. The number of hydrogen-bond donors (Lipinski definition) is 1. The van der Waals surface area contributed by atoms with E-state index in [1.807, 2.05) is 18.2 Å². The largest absolute Gasteiger partial charge is 0.481 e. The molecule has 3 nitrogen and oxygen atoms in total. The molecule has 3 rings (SSSR count). The Labute approximate surface area is 130 Å². The third-order valence-electron chi connectivity index (χ3n) is 5.06. The minimum absolute atomic E-state index is 0.696. The molecule has 1 aliphatic heterocycles. The second-order valence-corrected chi connectivity index (χ2v) is 6.72. The molecular weight excluding hydrogens is 286 g/mol. The summed E-state index contributed by atoms with van der Waals surface area (Å²) in [6, 6.07) is 5.90. The Hall–Kier alpha value is -1.22. The predicted octanol–water partition coefficient (Wildman–Crippen LogP) is 4.23. The predicted molar refractivity (Wildman–Crippen MR) is 85.3 cm³/mol. The van der Waals surface area contributed by atoms with Crippen LogP contribution in [0.15, 0.2) is 18.2 Å². The van der Waals surface area contributed by atoms with Gasteiger partial charge in [0.15, 0.2) is 0 Å². The lowest BCUT2D eigenvalue weighted by Crippen LogP contribution is -2.33. The average Bonchev–Trinajstić information content (AvgIpc) is 2.99. The Balaban J connectivity index is 1.91. The van der Waals surface area contributed by atoms with E-state index in [2.05, 4.69) is 4.90 Å². The molecule has 2 fully saturated rings. The fourth-order valence-corrected chi connectivity index (χ4v) is 4.10. The van der Waals surface area contributed by atoms with Crippen molar-refractivity contribution in [2.24, 2.45) is 0 Å². The van der Waals surface area contributed by atoms with Gasteiger partial charge >= 0.3 is 5.97 Å². The van der Waals surface area contributed by atoms with Crippen molar-refractivity contribution in [2.45, 2.75) is 50.4 Å². The number of carboxylic acids is 1. The van der Waals surface area contributed by atoms with Crippen LogP contribution in [-0.2, 0) is 10.2 Å². The number of piperidine rings is 1. The first-order valence-corrected chi connectivity index (χ1v) is 8.30. The van der Waals surface area contributed by atoms with Gasteiger partial charge in [0, 0.05) is 13.1 Å². The highest BCUT2D eigenvalue weighted by Crippen LogP contribution is 2.43. The van der Waals surface area contributed by atoms with Crippen LogP contribution in [0.5, 0.6) is 0 Å². The van der Waals surface area contributed by atoms with Gasteiger partial charge in [0.1, 0.15) is 0 Å². The summed E-state index contributed by atoms with van der Waals surface area (Å²) >= 11 is 6.47. The molecule has 0 aromatic heterocycles. The number of hydrogen-bond acceptors (Lipinski definition) is 2. The molecule has 1 aliphatic carbocycles. The molecule has 4 heteroatoms. The van der Waals surface area contributed by atoms with Crippen LogP contribution in [0.4, 0.5) is 5.69 Å². The summed E-state index contributed by atoms with van der Waals surface area (Å²) in [5.74, 6) is -0.707. The molecule has 0 bridgehead atoms. The Morgan fingerprint density at radius 3 is 2.33 bits per heavy atom. The smallest absolute Gasteiger partial charge is 0.314 e. The van der Waals surface area contributed by atoms with Gasteiger partial charge in [-0.1, -0.05) is 30.5 Å². The number of carboxylic acid groups (broad SMARTS) is 1.